The molecule has 0 N–H and O–H groups in total. The van der Waals surface area contributed by atoms with Crippen molar-refractivity contribution in [3.63, 3.8) is 0 Å². The van der Waals surface area contributed by atoms with Crippen molar-refractivity contribution in [3.05, 3.63) is 42.0 Å². The number of benzene rings is 1. The smallest absolute Gasteiger partial charge is 0.243 e. The van der Waals surface area contributed by atoms with Crippen LogP contribution in [-0.4, -0.2) is 75.4 Å². The van der Waals surface area contributed by atoms with Crippen LogP contribution in [0.2, 0.25) is 0 Å². The number of hydrogen-bond donors (Lipinski definition) is 0. The van der Waals surface area contributed by atoms with E-state index >= 15 is 0 Å². The number of sulfonamides is 1. The molecule has 8 nitrogen and oxygen atoms in total. The van der Waals surface area contributed by atoms with E-state index in [1.807, 2.05) is 31.2 Å². The third-order valence-electron chi connectivity index (χ3n) is 5.19. The summed E-state index contributed by atoms with van der Waals surface area (Å²) in [7, 11) is -3.45. The van der Waals surface area contributed by atoms with Gasteiger partial charge in [0.1, 0.15) is 0 Å². The molecule has 2 aliphatic rings. The van der Waals surface area contributed by atoms with Crippen molar-refractivity contribution in [1.29, 1.82) is 0 Å². The molecule has 0 aliphatic carbocycles. The zero-order valence-corrected chi connectivity index (χ0v) is 16.8. The second-order valence-electron chi connectivity index (χ2n) is 7.05. The average Bonchev–Trinajstić information content (AvgIpc) is 2.75. The number of aryl methyl sites for hydroxylation is 1. The van der Waals surface area contributed by atoms with Crippen LogP contribution in [0.25, 0.3) is 0 Å². The summed E-state index contributed by atoms with van der Waals surface area (Å²) in [6, 6.07) is 10.9. The molecule has 0 radical (unpaired) electrons. The minimum absolute atomic E-state index is 0.348. The molecule has 2 fully saturated rings. The van der Waals surface area contributed by atoms with E-state index in [9.17, 15) is 8.42 Å². The Morgan fingerprint density at radius 3 is 1.86 bits per heavy atom. The van der Waals surface area contributed by atoms with Gasteiger partial charge in [-0.3, -0.25) is 0 Å². The van der Waals surface area contributed by atoms with Gasteiger partial charge in [0.05, 0.1) is 18.1 Å². The quantitative estimate of drug-likeness (QED) is 0.757. The molecule has 4 rings (SSSR count). The van der Waals surface area contributed by atoms with E-state index in [1.165, 1.54) is 0 Å². The summed E-state index contributed by atoms with van der Waals surface area (Å²) in [6.45, 7) is 7.06. The van der Waals surface area contributed by atoms with E-state index < -0.39 is 10.0 Å². The van der Waals surface area contributed by atoms with Crippen LogP contribution in [0, 0.1) is 6.92 Å². The van der Waals surface area contributed by atoms with Crippen LogP contribution in [0.15, 0.2) is 41.3 Å². The van der Waals surface area contributed by atoms with E-state index in [2.05, 4.69) is 20.0 Å². The molecule has 28 heavy (non-hydrogen) atoms. The number of nitrogens with zero attached hydrogens (tertiary/aromatic N) is 5. The summed E-state index contributed by atoms with van der Waals surface area (Å²) in [5, 5.41) is 8.71. The fourth-order valence-electron chi connectivity index (χ4n) is 3.46. The lowest BCUT2D eigenvalue weighted by Crippen LogP contribution is -2.49. The van der Waals surface area contributed by atoms with Crippen molar-refractivity contribution in [2.75, 3.05) is 62.3 Å². The number of ether oxygens (including phenoxy) is 1. The van der Waals surface area contributed by atoms with Gasteiger partial charge in [0.2, 0.25) is 10.0 Å². The molecule has 0 saturated carbocycles. The van der Waals surface area contributed by atoms with Gasteiger partial charge in [-0.1, -0.05) is 17.7 Å². The highest BCUT2D eigenvalue weighted by atomic mass is 32.2. The van der Waals surface area contributed by atoms with Crippen LogP contribution in [0.5, 0.6) is 0 Å². The Kier molecular flexibility index (Phi) is 5.47. The molecule has 1 aromatic carbocycles. The lowest BCUT2D eigenvalue weighted by Gasteiger charge is -2.34. The molecule has 0 unspecified atom stereocenters. The largest absolute Gasteiger partial charge is 0.378 e. The van der Waals surface area contributed by atoms with Crippen LogP contribution in [0.4, 0.5) is 11.6 Å². The maximum absolute atomic E-state index is 12.8. The van der Waals surface area contributed by atoms with Gasteiger partial charge in [-0.05, 0) is 31.2 Å². The van der Waals surface area contributed by atoms with Crippen molar-refractivity contribution in [2.24, 2.45) is 0 Å². The number of aromatic nitrogens is 2. The van der Waals surface area contributed by atoms with Crippen molar-refractivity contribution in [2.45, 2.75) is 11.8 Å². The third kappa shape index (κ3) is 3.96. The van der Waals surface area contributed by atoms with Crippen LogP contribution in [0.3, 0.4) is 0 Å². The zero-order valence-electron chi connectivity index (χ0n) is 16.0. The Hall–Kier alpha value is -2.23. The molecule has 2 aromatic rings. The van der Waals surface area contributed by atoms with Gasteiger partial charge < -0.3 is 14.5 Å². The molecule has 0 spiro atoms. The lowest BCUT2D eigenvalue weighted by atomic mass is 10.2. The third-order valence-corrected chi connectivity index (χ3v) is 7.11. The maximum Gasteiger partial charge on any atom is 0.243 e. The van der Waals surface area contributed by atoms with Crippen LogP contribution in [0.1, 0.15) is 5.56 Å². The van der Waals surface area contributed by atoms with Gasteiger partial charge in [0, 0.05) is 39.3 Å². The van der Waals surface area contributed by atoms with E-state index in [-0.39, 0.29) is 0 Å². The topological polar surface area (TPSA) is 78.9 Å². The van der Waals surface area contributed by atoms with Crippen molar-refractivity contribution < 1.29 is 13.2 Å². The second-order valence-corrected chi connectivity index (χ2v) is 8.99. The molecule has 9 heteroatoms. The number of piperazine rings is 1. The van der Waals surface area contributed by atoms with E-state index in [0.717, 1.165) is 30.3 Å². The first-order valence-corrected chi connectivity index (χ1v) is 11.0. The lowest BCUT2D eigenvalue weighted by molar-refractivity contribution is 0.122. The SMILES string of the molecule is Cc1ccc(S(=O)(=O)N2CCN(c3ccc(N4CCOCC4)nn3)CC2)cc1. The molecule has 0 atom stereocenters. The standard InChI is InChI=1S/C19H25N5O3S/c1-16-2-4-17(5-3-16)28(25,26)24-10-8-22(9-11-24)18-6-7-19(21-20-18)23-12-14-27-15-13-23/h2-7H,8-15H2,1H3. The van der Waals surface area contributed by atoms with Gasteiger partial charge in [-0.2, -0.15) is 4.31 Å². The van der Waals surface area contributed by atoms with Crippen molar-refractivity contribution in [3.8, 4) is 0 Å². The molecule has 0 bridgehead atoms. The van der Waals surface area contributed by atoms with Crippen molar-refractivity contribution >= 4 is 21.7 Å². The number of rotatable bonds is 4. The first-order chi connectivity index (χ1) is 13.5. The molecule has 3 heterocycles. The van der Waals surface area contributed by atoms with E-state index in [1.54, 1.807) is 16.4 Å². The zero-order chi connectivity index (χ0) is 19.6. The molecular formula is C19H25N5O3S. The van der Waals surface area contributed by atoms with Gasteiger partial charge in [0.15, 0.2) is 11.6 Å². The number of hydrogen-bond acceptors (Lipinski definition) is 7. The second kappa shape index (κ2) is 8.02. The average molecular weight is 404 g/mol. The van der Waals surface area contributed by atoms with Crippen LogP contribution < -0.4 is 9.80 Å². The highest BCUT2D eigenvalue weighted by molar-refractivity contribution is 7.89. The summed E-state index contributed by atoms with van der Waals surface area (Å²) in [5.41, 5.74) is 1.04. The highest BCUT2D eigenvalue weighted by Gasteiger charge is 2.29. The maximum atomic E-state index is 12.8. The minimum atomic E-state index is -3.45. The summed E-state index contributed by atoms with van der Waals surface area (Å²) < 4.78 is 32.6. The van der Waals surface area contributed by atoms with Gasteiger partial charge in [0.25, 0.3) is 0 Å². The van der Waals surface area contributed by atoms with Gasteiger partial charge in [-0.15, -0.1) is 10.2 Å². The molecule has 1 aromatic heterocycles. The van der Waals surface area contributed by atoms with Gasteiger partial charge >= 0.3 is 0 Å². The monoisotopic (exact) mass is 403 g/mol. The van der Waals surface area contributed by atoms with Crippen LogP contribution >= 0.6 is 0 Å². The summed E-state index contributed by atoms with van der Waals surface area (Å²) in [5.74, 6) is 1.64. The predicted molar refractivity (Wildman–Crippen MR) is 107 cm³/mol. The Morgan fingerprint density at radius 1 is 0.786 bits per heavy atom. The summed E-state index contributed by atoms with van der Waals surface area (Å²) in [6.07, 6.45) is 0. The van der Waals surface area contributed by atoms with Crippen molar-refractivity contribution in [1.82, 2.24) is 14.5 Å². The van der Waals surface area contributed by atoms with E-state index in [4.69, 9.17) is 4.74 Å². The van der Waals surface area contributed by atoms with E-state index in [0.29, 0.717) is 44.3 Å². The minimum Gasteiger partial charge on any atom is -0.378 e. The van der Waals surface area contributed by atoms with Crippen LogP contribution in [-0.2, 0) is 14.8 Å². The Bertz CT molecular complexity index is 888. The summed E-state index contributed by atoms with van der Waals surface area (Å²) in [4.78, 5) is 4.59. The molecule has 150 valence electrons. The molecule has 2 saturated heterocycles. The Balaban J connectivity index is 1.39. The van der Waals surface area contributed by atoms with Gasteiger partial charge in [-0.25, -0.2) is 8.42 Å². The normalized spacial score (nSPS) is 19.0. The highest BCUT2D eigenvalue weighted by Crippen LogP contribution is 2.21. The fourth-order valence-corrected chi connectivity index (χ4v) is 4.89. The number of anilines is 2. The molecule has 0 amide bonds. The Morgan fingerprint density at radius 2 is 1.32 bits per heavy atom. The Labute approximate surface area is 165 Å². The molecule has 2 aliphatic heterocycles. The first kappa shape index (κ1) is 19.1. The first-order valence-electron chi connectivity index (χ1n) is 9.52. The summed E-state index contributed by atoms with van der Waals surface area (Å²) >= 11 is 0. The fraction of sp³-hybridized carbons (Fsp3) is 0.474. The predicted octanol–water partition coefficient (Wildman–Crippen LogP) is 1.13. The molecular weight excluding hydrogens is 378 g/mol. The number of morpholine rings is 1.